The molecule has 2 aliphatic rings. The van der Waals surface area contributed by atoms with E-state index < -0.39 is 0 Å². The molecular weight excluding hydrogens is 206 g/mol. The van der Waals surface area contributed by atoms with Crippen LogP contribution in [-0.2, 0) is 14.3 Å². The van der Waals surface area contributed by atoms with Crippen molar-refractivity contribution in [3.05, 3.63) is 0 Å². The summed E-state index contributed by atoms with van der Waals surface area (Å²) in [7, 11) is 0. The van der Waals surface area contributed by atoms with Crippen LogP contribution in [0.1, 0.15) is 33.1 Å². The highest BCUT2D eigenvalue weighted by Gasteiger charge is 2.45. The average Bonchev–Trinajstić information content (AvgIpc) is 2.73. The highest BCUT2D eigenvalue weighted by molar-refractivity contribution is 5.85. The van der Waals surface area contributed by atoms with Crippen LogP contribution < -0.4 is 0 Å². The summed E-state index contributed by atoms with van der Waals surface area (Å²) in [4.78, 5) is 25.6. The van der Waals surface area contributed by atoms with E-state index >= 15 is 0 Å². The molecule has 0 N–H and O–H groups in total. The van der Waals surface area contributed by atoms with Crippen LogP contribution in [0, 0.1) is 11.8 Å². The lowest BCUT2D eigenvalue weighted by molar-refractivity contribution is -0.158. The van der Waals surface area contributed by atoms with Crippen molar-refractivity contribution in [3.63, 3.8) is 0 Å². The smallest absolute Gasteiger partial charge is 0.309 e. The first-order valence-electron chi connectivity index (χ1n) is 6.11. The van der Waals surface area contributed by atoms with Gasteiger partial charge in [0.2, 0.25) is 5.91 Å². The molecule has 16 heavy (non-hydrogen) atoms. The van der Waals surface area contributed by atoms with Crippen LogP contribution in [0.5, 0.6) is 0 Å². The molecule has 4 heteroatoms. The van der Waals surface area contributed by atoms with Gasteiger partial charge in [0.05, 0.1) is 12.5 Å². The lowest BCUT2D eigenvalue weighted by Crippen LogP contribution is -2.50. The Balaban J connectivity index is 2.10. The third kappa shape index (κ3) is 1.81. The number of carbonyl (C=O) groups excluding carboxylic acids is 2. The minimum absolute atomic E-state index is 0.124. The lowest BCUT2D eigenvalue weighted by Gasteiger charge is -2.38. The Morgan fingerprint density at radius 1 is 1.56 bits per heavy atom. The van der Waals surface area contributed by atoms with E-state index in [2.05, 4.69) is 6.92 Å². The Labute approximate surface area is 95.9 Å². The van der Waals surface area contributed by atoms with E-state index in [1.165, 1.54) is 0 Å². The second-order valence-electron chi connectivity index (χ2n) is 4.72. The van der Waals surface area contributed by atoms with E-state index in [0.717, 1.165) is 19.4 Å². The van der Waals surface area contributed by atoms with Crippen molar-refractivity contribution in [1.82, 2.24) is 4.90 Å². The van der Waals surface area contributed by atoms with Gasteiger partial charge in [-0.05, 0) is 25.7 Å². The summed E-state index contributed by atoms with van der Waals surface area (Å²) in [5.74, 6) is -0.0698. The average molecular weight is 225 g/mol. The molecule has 3 unspecified atom stereocenters. The number of fused-ring (bicyclic) bond motifs is 1. The van der Waals surface area contributed by atoms with Crippen LogP contribution in [0.4, 0.5) is 0 Å². The van der Waals surface area contributed by atoms with Gasteiger partial charge in [0.1, 0.15) is 0 Å². The van der Waals surface area contributed by atoms with Crippen molar-refractivity contribution in [2.24, 2.45) is 11.8 Å². The molecule has 0 saturated carbocycles. The van der Waals surface area contributed by atoms with Gasteiger partial charge >= 0.3 is 5.97 Å². The molecule has 2 heterocycles. The van der Waals surface area contributed by atoms with E-state index in [1.807, 2.05) is 4.90 Å². The fourth-order valence-electron chi connectivity index (χ4n) is 2.96. The molecule has 1 amide bonds. The zero-order valence-electron chi connectivity index (χ0n) is 9.94. The molecule has 3 atom stereocenters. The number of hydrogen-bond acceptors (Lipinski definition) is 3. The lowest BCUT2D eigenvalue weighted by atomic mass is 9.80. The number of amides is 1. The van der Waals surface area contributed by atoms with Gasteiger partial charge in [-0.15, -0.1) is 0 Å². The van der Waals surface area contributed by atoms with Crippen molar-refractivity contribution in [2.45, 2.75) is 39.2 Å². The Kier molecular flexibility index (Phi) is 3.17. The van der Waals surface area contributed by atoms with Crippen molar-refractivity contribution in [3.8, 4) is 0 Å². The number of hydrogen-bond donors (Lipinski definition) is 0. The van der Waals surface area contributed by atoms with Gasteiger partial charge in [-0.2, -0.15) is 0 Å². The molecule has 0 aromatic rings. The second kappa shape index (κ2) is 4.44. The SMILES string of the molecule is CCOC(=O)C1CC(=O)N2CCCC2C1C. The van der Waals surface area contributed by atoms with Crippen LogP contribution in [-0.4, -0.2) is 36.0 Å². The number of carbonyl (C=O) groups is 2. The maximum atomic E-state index is 11.9. The zero-order chi connectivity index (χ0) is 11.7. The van der Waals surface area contributed by atoms with Crippen LogP contribution in [0.25, 0.3) is 0 Å². The normalized spacial score (nSPS) is 33.8. The minimum Gasteiger partial charge on any atom is -0.466 e. The van der Waals surface area contributed by atoms with Gasteiger partial charge in [0, 0.05) is 19.0 Å². The number of nitrogens with zero attached hydrogens (tertiary/aromatic N) is 1. The van der Waals surface area contributed by atoms with Gasteiger partial charge in [-0.1, -0.05) is 6.92 Å². The molecular formula is C12H19NO3. The van der Waals surface area contributed by atoms with Crippen LogP contribution in [0.15, 0.2) is 0 Å². The molecule has 2 rings (SSSR count). The monoisotopic (exact) mass is 225 g/mol. The van der Waals surface area contributed by atoms with Crippen LogP contribution in [0.2, 0.25) is 0 Å². The first-order chi connectivity index (χ1) is 7.65. The molecule has 2 aliphatic heterocycles. The molecule has 0 aromatic carbocycles. The zero-order valence-corrected chi connectivity index (χ0v) is 9.94. The molecule has 0 radical (unpaired) electrons. The molecule has 90 valence electrons. The van der Waals surface area contributed by atoms with E-state index in [1.54, 1.807) is 6.92 Å². The first kappa shape index (κ1) is 11.4. The molecule has 0 aromatic heterocycles. The van der Waals surface area contributed by atoms with Crippen molar-refractivity contribution in [2.75, 3.05) is 13.2 Å². The van der Waals surface area contributed by atoms with Gasteiger partial charge in [0.15, 0.2) is 0 Å². The Hall–Kier alpha value is -1.06. The summed E-state index contributed by atoms with van der Waals surface area (Å²) in [5, 5.41) is 0. The minimum atomic E-state index is -0.230. The fraction of sp³-hybridized carbons (Fsp3) is 0.833. The number of esters is 1. The van der Waals surface area contributed by atoms with Gasteiger partial charge in [-0.3, -0.25) is 9.59 Å². The standard InChI is InChI=1S/C12H19NO3/c1-3-16-12(15)9-7-11(14)13-6-4-5-10(13)8(9)2/h8-10H,3-7H2,1-2H3. The summed E-state index contributed by atoms with van der Waals surface area (Å²) in [6.45, 7) is 5.13. The van der Waals surface area contributed by atoms with Gasteiger partial charge in [-0.25, -0.2) is 0 Å². The van der Waals surface area contributed by atoms with Crippen molar-refractivity contribution in [1.29, 1.82) is 0 Å². The Morgan fingerprint density at radius 2 is 2.31 bits per heavy atom. The van der Waals surface area contributed by atoms with Crippen LogP contribution >= 0.6 is 0 Å². The van der Waals surface area contributed by atoms with E-state index in [9.17, 15) is 9.59 Å². The summed E-state index contributed by atoms with van der Waals surface area (Å²) < 4.78 is 5.04. The molecule has 4 nitrogen and oxygen atoms in total. The van der Waals surface area contributed by atoms with Crippen molar-refractivity contribution >= 4 is 11.9 Å². The third-order valence-electron chi connectivity index (χ3n) is 3.85. The van der Waals surface area contributed by atoms with E-state index in [0.29, 0.717) is 13.0 Å². The summed E-state index contributed by atoms with van der Waals surface area (Å²) >= 11 is 0. The van der Waals surface area contributed by atoms with E-state index in [4.69, 9.17) is 4.74 Å². The summed E-state index contributed by atoms with van der Waals surface area (Å²) in [6.07, 6.45) is 2.43. The maximum Gasteiger partial charge on any atom is 0.309 e. The maximum absolute atomic E-state index is 11.9. The molecule has 0 bridgehead atoms. The number of ether oxygens (including phenoxy) is 1. The van der Waals surface area contributed by atoms with E-state index in [-0.39, 0.29) is 29.8 Å². The highest BCUT2D eigenvalue weighted by atomic mass is 16.5. The molecule has 0 spiro atoms. The molecule has 2 fully saturated rings. The predicted octanol–water partition coefficient (Wildman–Crippen LogP) is 1.20. The molecule has 2 saturated heterocycles. The number of rotatable bonds is 2. The topological polar surface area (TPSA) is 46.6 Å². The third-order valence-corrected chi connectivity index (χ3v) is 3.85. The largest absolute Gasteiger partial charge is 0.466 e. The Bertz CT molecular complexity index is 303. The quantitative estimate of drug-likeness (QED) is 0.663. The van der Waals surface area contributed by atoms with Gasteiger partial charge < -0.3 is 9.64 Å². The predicted molar refractivity (Wildman–Crippen MR) is 58.6 cm³/mol. The summed E-state index contributed by atoms with van der Waals surface area (Å²) in [6, 6.07) is 0.260. The Morgan fingerprint density at radius 3 is 3.00 bits per heavy atom. The first-order valence-corrected chi connectivity index (χ1v) is 6.11. The van der Waals surface area contributed by atoms with Crippen molar-refractivity contribution < 1.29 is 14.3 Å². The number of piperidine rings is 1. The highest BCUT2D eigenvalue weighted by Crippen LogP contribution is 2.36. The fourth-order valence-corrected chi connectivity index (χ4v) is 2.96. The molecule has 0 aliphatic carbocycles. The van der Waals surface area contributed by atoms with Crippen LogP contribution in [0.3, 0.4) is 0 Å². The second-order valence-corrected chi connectivity index (χ2v) is 4.72. The summed E-state index contributed by atoms with van der Waals surface area (Å²) in [5.41, 5.74) is 0. The van der Waals surface area contributed by atoms with Gasteiger partial charge in [0.25, 0.3) is 0 Å².